The summed E-state index contributed by atoms with van der Waals surface area (Å²) in [5, 5.41) is 27.4. The van der Waals surface area contributed by atoms with E-state index in [0.717, 1.165) is 27.9 Å². The Morgan fingerprint density at radius 2 is 1.65 bits per heavy atom. The number of aryl methyl sites for hydroxylation is 1. The molecular weight excluding hydrogens is 683 g/mol. The van der Waals surface area contributed by atoms with Crippen LogP contribution in [0.2, 0.25) is 0 Å². The molecule has 1 aliphatic heterocycles. The number of ether oxygens (including phenoxy) is 2. The van der Waals surface area contributed by atoms with Crippen LogP contribution in [-0.4, -0.2) is 66.4 Å². The number of hydrogen-bond acceptors (Lipinski definition) is 9. The van der Waals surface area contributed by atoms with Crippen LogP contribution in [0.1, 0.15) is 85.8 Å². The van der Waals surface area contributed by atoms with Crippen molar-refractivity contribution in [3.63, 3.8) is 0 Å². The summed E-state index contributed by atoms with van der Waals surface area (Å²) in [5.41, 5.74) is 4.49. The van der Waals surface area contributed by atoms with Gasteiger partial charge in [0, 0.05) is 12.7 Å². The number of carboxylic acid groups (broad SMARTS) is 1. The Morgan fingerprint density at radius 1 is 0.962 bits per heavy atom. The topological polar surface area (TPSA) is 155 Å². The van der Waals surface area contributed by atoms with Crippen molar-refractivity contribution in [2.75, 3.05) is 6.54 Å². The molecule has 0 bridgehead atoms. The largest absolute Gasteiger partial charge is 0.488 e. The van der Waals surface area contributed by atoms with Crippen molar-refractivity contribution in [1.29, 1.82) is 0 Å². The maximum Gasteiger partial charge on any atom is 0.312 e. The predicted octanol–water partition coefficient (Wildman–Crippen LogP) is 5.74. The number of carbonyl (C=O) groups is 1. The Labute approximate surface area is 304 Å². The lowest BCUT2D eigenvalue weighted by molar-refractivity contribution is -0.158. The molecule has 0 aliphatic carbocycles. The summed E-state index contributed by atoms with van der Waals surface area (Å²) in [7, 11) is -3.87. The monoisotopic (exact) mass is 727 g/mol. The van der Waals surface area contributed by atoms with Gasteiger partial charge in [-0.3, -0.25) is 4.79 Å². The van der Waals surface area contributed by atoms with Gasteiger partial charge in [-0.15, -0.1) is 10.2 Å². The summed E-state index contributed by atoms with van der Waals surface area (Å²) in [5.74, 6) is -0.402. The van der Waals surface area contributed by atoms with Crippen LogP contribution in [0, 0.1) is 12.3 Å². The number of fused-ring (bicyclic) bond motifs is 1. The standard InChI is InChI=1S/C38H45N7O6S/c1-25(2)33-23-44(42-40-33)20-29-11-9-10-28(16-29)19-43-22-32(39-41-43)24-50-36(38(5,6)37(46)47)30-15-14-26(3)31(17-30)21-45-18-27(4)51-34-12-7-8-13-35(34)52(45,48)49/h7-17,22-23,25,27,36H,18-21,24H2,1-6H3,(H,46,47)/t27-,36?/m1/s1. The molecule has 3 aromatic carbocycles. The zero-order chi connectivity index (χ0) is 37.2. The van der Waals surface area contributed by atoms with Crippen molar-refractivity contribution >= 4 is 16.0 Å². The molecule has 52 heavy (non-hydrogen) atoms. The molecule has 0 saturated heterocycles. The van der Waals surface area contributed by atoms with Gasteiger partial charge in [0.2, 0.25) is 10.0 Å². The van der Waals surface area contributed by atoms with Crippen LogP contribution < -0.4 is 4.74 Å². The molecule has 0 amide bonds. The number of aliphatic carboxylic acids is 1. The van der Waals surface area contributed by atoms with Gasteiger partial charge in [-0.25, -0.2) is 17.8 Å². The number of rotatable bonds is 13. The molecule has 13 nitrogen and oxygen atoms in total. The minimum atomic E-state index is -3.87. The second-order valence-corrected chi connectivity index (χ2v) is 16.2. The molecule has 0 spiro atoms. The van der Waals surface area contributed by atoms with Crippen LogP contribution >= 0.6 is 0 Å². The number of aromatic nitrogens is 6. The van der Waals surface area contributed by atoms with Crippen LogP contribution in [0.25, 0.3) is 0 Å². The van der Waals surface area contributed by atoms with Crippen LogP contribution in [0.5, 0.6) is 5.75 Å². The third-order valence-corrected chi connectivity index (χ3v) is 11.1. The van der Waals surface area contributed by atoms with E-state index in [4.69, 9.17) is 9.47 Å². The van der Waals surface area contributed by atoms with E-state index in [0.29, 0.717) is 36.0 Å². The number of sulfonamides is 1. The van der Waals surface area contributed by atoms with Crippen molar-refractivity contribution in [3.05, 3.63) is 118 Å². The molecule has 0 saturated carbocycles. The number of hydrogen-bond donors (Lipinski definition) is 1. The number of benzene rings is 3. The van der Waals surface area contributed by atoms with Crippen LogP contribution in [0.4, 0.5) is 0 Å². The van der Waals surface area contributed by atoms with E-state index in [2.05, 4.69) is 40.5 Å². The highest BCUT2D eigenvalue weighted by atomic mass is 32.2. The highest BCUT2D eigenvalue weighted by Crippen LogP contribution is 2.39. The summed E-state index contributed by atoms with van der Waals surface area (Å²) in [4.78, 5) is 12.7. The third-order valence-electron chi connectivity index (χ3n) is 9.30. The lowest BCUT2D eigenvalue weighted by Crippen LogP contribution is -2.36. The smallest absolute Gasteiger partial charge is 0.312 e. The summed E-state index contributed by atoms with van der Waals surface area (Å²) in [6.07, 6.45) is 2.49. The van der Waals surface area contributed by atoms with Crippen molar-refractivity contribution in [1.82, 2.24) is 34.3 Å². The first-order valence-corrected chi connectivity index (χ1v) is 18.7. The molecule has 5 aromatic rings. The highest BCUT2D eigenvalue weighted by Gasteiger charge is 2.40. The van der Waals surface area contributed by atoms with Gasteiger partial charge in [-0.2, -0.15) is 4.31 Å². The molecule has 1 unspecified atom stereocenters. The minimum absolute atomic E-state index is 0.0151. The zero-order valence-electron chi connectivity index (χ0n) is 30.3. The van der Waals surface area contributed by atoms with Gasteiger partial charge in [0.1, 0.15) is 22.4 Å². The molecule has 6 rings (SSSR count). The number of carboxylic acids is 1. The van der Waals surface area contributed by atoms with E-state index in [1.54, 1.807) is 49.0 Å². The molecular formula is C38H45N7O6S. The number of nitrogens with zero attached hydrogens (tertiary/aromatic N) is 7. The highest BCUT2D eigenvalue weighted by molar-refractivity contribution is 7.89. The molecule has 0 fully saturated rings. The zero-order valence-corrected chi connectivity index (χ0v) is 31.1. The summed E-state index contributed by atoms with van der Waals surface area (Å²) in [6.45, 7) is 12.5. The van der Waals surface area contributed by atoms with Crippen LogP contribution in [0.3, 0.4) is 0 Å². The Bertz CT molecular complexity index is 2160. The number of para-hydroxylation sites is 1. The van der Waals surface area contributed by atoms with Gasteiger partial charge in [0.25, 0.3) is 0 Å². The second kappa shape index (κ2) is 15.0. The lowest BCUT2D eigenvalue weighted by Gasteiger charge is -2.31. The predicted molar refractivity (Wildman–Crippen MR) is 193 cm³/mol. The van der Waals surface area contributed by atoms with Crippen molar-refractivity contribution < 1.29 is 27.8 Å². The Kier molecular flexibility index (Phi) is 10.6. The van der Waals surface area contributed by atoms with Gasteiger partial charge in [-0.1, -0.05) is 78.9 Å². The quantitative estimate of drug-likeness (QED) is 0.159. The fourth-order valence-corrected chi connectivity index (χ4v) is 7.86. The van der Waals surface area contributed by atoms with E-state index in [-0.39, 0.29) is 30.7 Å². The van der Waals surface area contributed by atoms with E-state index in [1.165, 1.54) is 4.31 Å². The molecule has 1 aliphatic rings. The first kappa shape index (κ1) is 36.9. The summed E-state index contributed by atoms with van der Waals surface area (Å²) in [6, 6.07) is 20.3. The van der Waals surface area contributed by atoms with E-state index in [1.807, 2.05) is 61.1 Å². The molecule has 2 atom stereocenters. The maximum absolute atomic E-state index is 13.8. The van der Waals surface area contributed by atoms with E-state index < -0.39 is 27.5 Å². The normalized spacial score (nSPS) is 16.6. The minimum Gasteiger partial charge on any atom is -0.488 e. The van der Waals surface area contributed by atoms with Crippen LogP contribution in [0.15, 0.2) is 84.0 Å². The third kappa shape index (κ3) is 8.09. The second-order valence-electron chi connectivity index (χ2n) is 14.3. The molecule has 1 N–H and O–H groups in total. The Hall–Kier alpha value is -4.92. The fraction of sp³-hybridized carbons (Fsp3) is 0.395. The van der Waals surface area contributed by atoms with Crippen molar-refractivity contribution in [3.8, 4) is 5.75 Å². The molecule has 2 aromatic heterocycles. The Balaban J connectivity index is 1.18. The molecule has 274 valence electrons. The Morgan fingerprint density at radius 3 is 2.35 bits per heavy atom. The lowest BCUT2D eigenvalue weighted by atomic mass is 9.81. The van der Waals surface area contributed by atoms with E-state index in [9.17, 15) is 18.3 Å². The fourth-order valence-electron chi connectivity index (χ4n) is 6.24. The van der Waals surface area contributed by atoms with Gasteiger partial charge < -0.3 is 14.6 Å². The first-order chi connectivity index (χ1) is 24.7. The van der Waals surface area contributed by atoms with Crippen LogP contribution in [-0.2, 0) is 45.8 Å². The summed E-state index contributed by atoms with van der Waals surface area (Å²) >= 11 is 0. The van der Waals surface area contributed by atoms with Gasteiger partial charge in [0.05, 0.1) is 49.7 Å². The molecule has 3 heterocycles. The SMILES string of the molecule is Cc1ccc(C(OCc2cn(Cc3cccc(Cn4cc(C(C)C)nn4)c3)nn2)C(C)(C)C(=O)O)cc1CN1C[C@@H](C)Oc2ccccc2S1(=O)=O. The maximum atomic E-state index is 13.8. The van der Waals surface area contributed by atoms with Gasteiger partial charge >= 0.3 is 5.97 Å². The van der Waals surface area contributed by atoms with Gasteiger partial charge in [-0.05, 0) is 73.6 Å². The van der Waals surface area contributed by atoms with E-state index >= 15 is 0 Å². The first-order valence-electron chi connectivity index (χ1n) is 17.3. The molecule has 0 radical (unpaired) electrons. The molecule has 14 heteroatoms. The average molecular weight is 728 g/mol. The van der Waals surface area contributed by atoms with Gasteiger partial charge in [0.15, 0.2) is 0 Å². The average Bonchev–Trinajstić information content (AvgIpc) is 3.73. The van der Waals surface area contributed by atoms with Crippen molar-refractivity contribution in [2.45, 2.75) is 90.8 Å². The summed E-state index contributed by atoms with van der Waals surface area (Å²) < 4.78 is 44.8. The van der Waals surface area contributed by atoms with Crippen molar-refractivity contribution in [2.24, 2.45) is 5.41 Å².